The van der Waals surface area contributed by atoms with Gasteiger partial charge in [0.2, 0.25) is 0 Å². The van der Waals surface area contributed by atoms with Crippen LogP contribution in [0.1, 0.15) is 34.3 Å². The molecule has 0 bridgehead atoms. The molecule has 1 aliphatic heterocycles. The summed E-state index contributed by atoms with van der Waals surface area (Å²) in [6, 6.07) is 9.61. The van der Waals surface area contributed by atoms with E-state index in [1.807, 2.05) is 0 Å². The van der Waals surface area contributed by atoms with Gasteiger partial charge in [-0.1, -0.05) is 42.2 Å². The van der Waals surface area contributed by atoms with Crippen LogP contribution in [-0.2, 0) is 20.9 Å². The number of rotatable bonds is 10. The van der Waals surface area contributed by atoms with Gasteiger partial charge in [0.25, 0.3) is 11.8 Å². The second kappa shape index (κ2) is 11.6. The molecule has 2 amide bonds. The molecule has 1 aliphatic rings. The molecule has 0 radical (unpaired) electrons. The molecule has 2 aromatic rings. The molecule has 1 saturated heterocycles. The Morgan fingerprint density at radius 2 is 1.86 bits per heavy atom. The quantitative estimate of drug-likeness (QED) is 0.237. The predicted molar refractivity (Wildman–Crippen MR) is 132 cm³/mol. The van der Waals surface area contributed by atoms with E-state index >= 15 is 0 Å². The molecule has 5 N–H and O–H groups in total. The van der Waals surface area contributed by atoms with Crippen LogP contribution in [0, 0.1) is 5.82 Å². The number of thiocarbonyl (C=S) groups is 1. The first-order chi connectivity index (χ1) is 16.6. The molecule has 12 heteroatoms. The van der Waals surface area contributed by atoms with Crippen LogP contribution in [0.5, 0.6) is 0 Å². The fourth-order valence-corrected chi connectivity index (χ4v) is 4.14. The van der Waals surface area contributed by atoms with Crippen molar-refractivity contribution in [2.75, 3.05) is 5.32 Å². The molecule has 1 unspecified atom stereocenters. The Bertz CT molecular complexity index is 1220. The lowest BCUT2D eigenvalue weighted by Crippen LogP contribution is -2.41. The van der Waals surface area contributed by atoms with E-state index in [0.29, 0.717) is 14.8 Å². The number of amides is 2. The van der Waals surface area contributed by atoms with Gasteiger partial charge in [0.05, 0.1) is 10.5 Å². The highest BCUT2D eigenvalue weighted by molar-refractivity contribution is 8.26. The first-order valence-corrected chi connectivity index (χ1v) is 11.5. The lowest BCUT2D eigenvalue weighted by Gasteiger charge is -2.15. The van der Waals surface area contributed by atoms with Gasteiger partial charge in [0.1, 0.15) is 16.2 Å². The monoisotopic (exact) mass is 517 g/mol. The van der Waals surface area contributed by atoms with Crippen molar-refractivity contribution in [3.63, 3.8) is 0 Å². The Morgan fingerprint density at radius 1 is 1.14 bits per heavy atom. The minimum Gasteiger partial charge on any atom is -0.481 e. The molecule has 2 aromatic carbocycles. The van der Waals surface area contributed by atoms with Crippen molar-refractivity contribution in [2.45, 2.75) is 25.4 Å². The zero-order valence-electron chi connectivity index (χ0n) is 18.0. The number of carboxylic acids is 2. The van der Waals surface area contributed by atoms with Gasteiger partial charge in [-0.15, -0.1) is 0 Å². The van der Waals surface area contributed by atoms with Crippen molar-refractivity contribution < 1.29 is 33.8 Å². The summed E-state index contributed by atoms with van der Waals surface area (Å²) in [5.41, 5.74) is 1.75. The number of hydrogen-bond donors (Lipinski definition) is 5. The van der Waals surface area contributed by atoms with Crippen molar-refractivity contribution in [1.29, 1.82) is 0 Å². The van der Waals surface area contributed by atoms with Gasteiger partial charge in [-0.25, -0.2) is 9.18 Å². The summed E-state index contributed by atoms with van der Waals surface area (Å²) in [4.78, 5) is 46.7. The highest BCUT2D eigenvalue weighted by Gasteiger charge is 2.24. The molecular formula is C23H20FN3O6S2. The van der Waals surface area contributed by atoms with E-state index < -0.39 is 36.1 Å². The van der Waals surface area contributed by atoms with Crippen LogP contribution in [0.2, 0.25) is 0 Å². The third-order valence-electron chi connectivity index (χ3n) is 4.87. The van der Waals surface area contributed by atoms with Crippen LogP contribution in [0.4, 0.5) is 10.1 Å². The number of nitrogens with one attached hydrogen (secondary N) is 3. The molecule has 35 heavy (non-hydrogen) atoms. The molecule has 3 rings (SSSR count). The van der Waals surface area contributed by atoms with E-state index in [4.69, 9.17) is 17.3 Å². The molecule has 9 nitrogen and oxygen atoms in total. The minimum absolute atomic E-state index is 0.241. The van der Waals surface area contributed by atoms with Crippen molar-refractivity contribution >= 4 is 63.8 Å². The maximum Gasteiger partial charge on any atom is 0.326 e. The lowest BCUT2D eigenvalue weighted by molar-refractivity contribution is -0.140. The number of carbonyl (C=O) groups is 4. The smallest absolute Gasteiger partial charge is 0.326 e. The normalized spacial score (nSPS) is 14.9. The summed E-state index contributed by atoms with van der Waals surface area (Å²) >= 11 is 6.15. The number of thioether (sulfide) groups is 1. The number of benzene rings is 2. The number of aliphatic carboxylic acids is 2. The standard InChI is InChI=1S/C23H20FN3O6S2/c24-16-6-3-13(9-15(16)20(30)26-17(22(32)33)7-8-19(28)29)11-25-14-4-1-12(2-5-14)10-18-21(31)27-23(34)35-18/h1-6,9-10,17,25H,7-8,11H2,(H,26,30)(H,28,29)(H,32,33)(H,27,31,34)/b18-10-. The van der Waals surface area contributed by atoms with Gasteiger partial charge in [-0.2, -0.15) is 0 Å². The lowest BCUT2D eigenvalue weighted by atomic mass is 10.1. The maximum atomic E-state index is 14.2. The summed E-state index contributed by atoms with van der Waals surface area (Å²) in [6.45, 7) is 0.245. The van der Waals surface area contributed by atoms with E-state index in [2.05, 4.69) is 16.0 Å². The SMILES string of the molecule is O=C(O)CCC(NC(=O)c1cc(CNc2ccc(/C=C3\SC(=S)NC3=O)cc2)ccc1F)C(=O)O. The second-order valence-electron chi connectivity index (χ2n) is 7.44. The molecule has 182 valence electrons. The third-order valence-corrected chi connectivity index (χ3v) is 6.04. The van der Waals surface area contributed by atoms with Crippen LogP contribution in [-0.4, -0.2) is 44.3 Å². The summed E-state index contributed by atoms with van der Waals surface area (Å²) in [5, 5.41) is 25.8. The van der Waals surface area contributed by atoms with Crippen LogP contribution >= 0.6 is 24.0 Å². The van der Waals surface area contributed by atoms with Gasteiger partial charge in [-0.05, 0) is 47.9 Å². The predicted octanol–water partition coefficient (Wildman–Crippen LogP) is 2.97. The number of anilines is 1. The zero-order valence-corrected chi connectivity index (χ0v) is 19.7. The first kappa shape index (κ1) is 25.8. The van der Waals surface area contributed by atoms with Gasteiger partial charge in [0.15, 0.2) is 0 Å². The van der Waals surface area contributed by atoms with Crippen molar-refractivity contribution in [3.8, 4) is 0 Å². The largest absolute Gasteiger partial charge is 0.481 e. The number of carbonyl (C=O) groups excluding carboxylic acids is 2. The fraction of sp³-hybridized carbons (Fsp3) is 0.174. The van der Waals surface area contributed by atoms with E-state index in [0.717, 1.165) is 17.3 Å². The number of carboxylic acid groups (broad SMARTS) is 2. The average Bonchev–Trinajstić information content (AvgIpc) is 3.12. The average molecular weight is 518 g/mol. The highest BCUT2D eigenvalue weighted by atomic mass is 32.2. The Kier molecular flexibility index (Phi) is 8.55. The van der Waals surface area contributed by atoms with Crippen molar-refractivity contribution in [2.24, 2.45) is 0 Å². The van der Waals surface area contributed by atoms with Crippen LogP contribution < -0.4 is 16.0 Å². The fourth-order valence-electron chi connectivity index (χ4n) is 3.09. The molecule has 0 aliphatic carbocycles. The van der Waals surface area contributed by atoms with Crippen molar-refractivity contribution in [3.05, 3.63) is 69.9 Å². The topological polar surface area (TPSA) is 145 Å². The molecule has 0 aromatic heterocycles. The Morgan fingerprint density at radius 3 is 2.46 bits per heavy atom. The highest BCUT2D eigenvalue weighted by Crippen LogP contribution is 2.26. The maximum absolute atomic E-state index is 14.2. The summed E-state index contributed by atoms with van der Waals surface area (Å²) in [7, 11) is 0. The minimum atomic E-state index is -1.46. The van der Waals surface area contributed by atoms with Gasteiger partial charge in [0, 0.05) is 18.7 Å². The Labute approximate surface area is 208 Å². The molecule has 1 fully saturated rings. The van der Waals surface area contributed by atoms with Crippen LogP contribution in [0.25, 0.3) is 6.08 Å². The molecule has 1 atom stereocenters. The molecule has 1 heterocycles. The third kappa shape index (κ3) is 7.36. The second-order valence-corrected chi connectivity index (χ2v) is 9.16. The first-order valence-electron chi connectivity index (χ1n) is 10.2. The van der Waals surface area contributed by atoms with Crippen molar-refractivity contribution in [1.82, 2.24) is 10.6 Å². The summed E-state index contributed by atoms with van der Waals surface area (Å²) < 4.78 is 14.7. The van der Waals surface area contributed by atoms with E-state index in [1.54, 1.807) is 30.3 Å². The zero-order chi connectivity index (χ0) is 25.5. The van der Waals surface area contributed by atoms with Gasteiger partial charge < -0.3 is 26.2 Å². The number of hydrogen-bond acceptors (Lipinski definition) is 7. The molecule has 0 spiro atoms. The van der Waals surface area contributed by atoms with E-state index in [1.165, 1.54) is 23.9 Å². The summed E-state index contributed by atoms with van der Waals surface area (Å²) in [6.07, 6.45) is 0.926. The summed E-state index contributed by atoms with van der Waals surface area (Å²) in [5.74, 6) is -4.64. The molecular weight excluding hydrogens is 497 g/mol. The Balaban J connectivity index is 1.63. The molecule has 0 saturated carbocycles. The Hall–Kier alpha value is -3.77. The van der Waals surface area contributed by atoms with Crippen LogP contribution in [0.3, 0.4) is 0 Å². The van der Waals surface area contributed by atoms with Gasteiger partial charge >= 0.3 is 11.9 Å². The van der Waals surface area contributed by atoms with Gasteiger partial charge in [-0.3, -0.25) is 14.4 Å². The van der Waals surface area contributed by atoms with Crippen LogP contribution in [0.15, 0.2) is 47.4 Å². The van der Waals surface area contributed by atoms with E-state index in [-0.39, 0.29) is 24.4 Å². The van der Waals surface area contributed by atoms with E-state index in [9.17, 15) is 28.7 Å². The number of halogens is 1.